The highest BCUT2D eigenvalue weighted by molar-refractivity contribution is 4.96. The Balaban J connectivity index is 1.71. The standard InChI is InChI=1S/C19H34O14/c1-6-11(24)13(26)16(9(4-21)29-6)33-19-15(28)14(27)17(10(5-22)31-19)32-18-12(25)8(23)2-7(3-20)30-18/h6-28H,2-5H2,1H3/t6?,7-,8-,9+,10+,11-,12+,13+,14+,15+,16+,17+,18+,19+/m0/s1. The first-order chi connectivity index (χ1) is 15.6. The van der Waals surface area contributed by atoms with Gasteiger partial charge in [0, 0.05) is 6.42 Å². The second-order valence-electron chi connectivity index (χ2n) is 8.55. The summed E-state index contributed by atoms with van der Waals surface area (Å²) in [5.41, 5.74) is 0. The zero-order chi connectivity index (χ0) is 24.4. The second kappa shape index (κ2) is 11.5. The van der Waals surface area contributed by atoms with Crippen LogP contribution in [0.5, 0.6) is 0 Å². The molecule has 194 valence electrons. The van der Waals surface area contributed by atoms with Gasteiger partial charge in [-0.05, 0) is 6.92 Å². The maximum absolute atomic E-state index is 10.6. The molecule has 3 heterocycles. The van der Waals surface area contributed by atoms with Gasteiger partial charge in [-0.1, -0.05) is 0 Å². The van der Waals surface area contributed by atoms with E-state index in [1.165, 1.54) is 6.92 Å². The maximum atomic E-state index is 10.6. The zero-order valence-electron chi connectivity index (χ0n) is 18.0. The molecular formula is C19H34O14. The molecule has 14 atom stereocenters. The number of aliphatic hydroxyl groups excluding tert-OH is 9. The van der Waals surface area contributed by atoms with Crippen molar-refractivity contribution in [2.24, 2.45) is 0 Å². The molecule has 14 heteroatoms. The Labute approximate surface area is 189 Å². The predicted octanol–water partition coefficient (Wildman–Crippen LogP) is -5.47. The molecule has 0 aromatic heterocycles. The van der Waals surface area contributed by atoms with Gasteiger partial charge in [-0.3, -0.25) is 0 Å². The van der Waals surface area contributed by atoms with Crippen molar-refractivity contribution in [3.8, 4) is 0 Å². The Kier molecular flexibility index (Phi) is 9.38. The molecule has 0 saturated carbocycles. The summed E-state index contributed by atoms with van der Waals surface area (Å²) in [6.07, 6.45) is -19.2. The summed E-state index contributed by atoms with van der Waals surface area (Å²) in [6, 6.07) is 0. The summed E-state index contributed by atoms with van der Waals surface area (Å²) >= 11 is 0. The van der Waals surface area contributed by atoms with Crippen molar-refractivity contribution in [3.63, 3.8) is 0 Å². The summed E-state index contributed by atoms with van der Waals surface area (Å²) < 4.78 is 27.3. The van der Waals surface area contributed by atoms with E-state index in [2.05, 4.69) is 0 Å². The summed E-state index contributed by atoms with van der Waals surface area (Å²) in [5.74, 6) is 0. The molecule has 1 unspecified atom stereocenters. The van der Waals surface area contributed by atoms with E-state index in [4.69, 9.17) is 23.7 Å². The van der Waals surface area contributed by atoms with Gasteiger partial charge >= 0.3 is 0 Å². The minimum atomic E-state index is -1.79. The van der Waals surface area contributed by atoms with Gasteiger partial charge in [0.15, 0.2) is 12.6 Å². The molecule has 3 aliphatic rings. The molecule has 0 aromatic rings. The Hall–Kier alpha value is -0.560. The van der Waals surface area contributed by atoms with Crippen LogP contribution in [0.4, 0.5) is 0 Å². The van der Waals surface area contributed by atoms with E-state index in [0.29, 0.717) is 0 Å². The van der Waals surface area contributed by atoms with Crippen LogP contribution in [-0.4, -0.2) is 152 Å². The number of ether oxygens (including phenoxy) is 5. The lowest BCUT2D eigenvalue weighted by atomic mass is 9.94. The molecule has 0 aromatic carbocycles. The third-order valence-corrected chi connectivity index (χ3v) is 6.21. The zero-order valence-corrected chi connectivity index (χ0v) is 18.0. The number of hydrogen-bond acceptors (Lipinski definition) is 14. The fourth-order valence-electron chi connectivity index (χ4n) is 4.23. The van der Waals surface area contributed by atoms with Gasteiger partial charge in [-0.15, -0.1) is 0 Å². The first-order valence-electron chi connectivity index (χ1n) is 10.8. The smallest absolute Gasteiger partial charge is 0.187 e. The Morgan fingerprint density at radius 2 is 1.15 bits per heavy atom. The highest BCUT2D eigenvalue weighted by Gasteiger charge is 2.52. The van der Waals surface area contributed by atoms with Crippen molar-refractivity contribution in [2.45, 2.75) is 99.2 Å². The van der Waals surface area contributed by atoms with Crippen LogP contribution in [0.25, 0.3) is 0 Å². The van der Waals surface area contributed by atoms with Gasteiger partial charge in [0.1, 0.15) is 54.9 Å². The van der Waals surface area contributed by atoms with Gasteiger partial charge < -0.3 is 69.6 Å². The normalized spacial score (nSPS) is 51.5. The molecule has 0 amide bonds. The SMILES string of the molecule is CC1O[C@H](CO)[C@@H](O[C@H]2O[C@H](CO)[C@@H](O[C@H]3O[C@H](CO)C[C@H](O)[C@H]3O)[C@H](O)[C@H]2O)[C@H](O)[C@H]1O. The molecule has 0 spiro atoms. The topological polar surface area (TPSA) is 228 Å². The van der Waals surface area contributed by atoms with Crippen molar-refractivity contribution >= 4 is 0 Å². The highest BCUT2D eigenvalue weighted by atomic mass is 16.7. The van der Waals surface area contributed by atoms with Crippen LogP contribution in [0, 0.1) is 0 Å². The molecule has 33 heavy (non-hydrogen) atoms. The van der Waals surface area contributed by atoms with E-state index in [0.717, 1.165) is 0 Å². The van der Waals surface area contributed by atoms with Crippen LogP contribution in [0.15, 0.2) is 0 Å². The van der Waals surface area contributed by atoms with Gasteiger partial charge in [0.2, 0.25) is 0 Å². The molecule has 3 saturated heterocycles. The van der Waals surface area contributed by atoms with Gasteiger partial charge in [0.25, 0.3) is 0 Å². The molecule has 3 rings (SSSR count). The van der Waals surface area contributed by atoms with Crippen LogP contribution < -0.4 is 0 Å². The summed E-state index contributed by atoms with van der Waals surface area (Å²) in [6.45, 7) is -0.273. The lowest BCUT2D eigenvalue weighted by molar-refractivity contribution is -0.367. The van der Waals surface area contributed by atoms with Crippen LogP contribution in [0.1, 0.15) is 13.3 Å². The van der Waals surface area contributed by atoms with E-state index < -0.39 is 106 Å². The van der Waals surface area contributed by atoms with E-state index in [1.54, 1.807) is 0 Å². The van der Waals surface area contributed by atoms with Gasteiger partial charge in [0.05, 0.1) is 38.1 Å². The van der Waals surface area contributed by atoms with Crippen molar-refractivity contribution in [3.05, 3.63) is 0 Å². The molecule has 14 nitrogen and oxygen atoms in total. The largest absolute Gasteiger partial charge is 0.394 e. The van der Waals surface area contributed by atoms with E-state index in [9.17, 15) is 46.0 Å². The minimum absolute atomic E-state index is 0.0501. The third kappa shape index (κ3) is 5.65. The Morgan fingerprint density at radius 3 is 1.70 bits per heavy atom. The number of aliphatic hydroxyl groups is 9. The number of rotatable bonds is 7. The quantitative estimate of drug-likeness (QED) is 0.164. The Bertz CT molecular complexity index is 607. The van der Waals surface area contributed by atoms with E-state index in [1.807, 2.05) is 0 Å². The monoisotopic (exact) mass is 486 g/mol. The van der Waals surface area contributed by atoms with Crippen LogP contribution in [0.3, 0.4) is 0 Å². The number of hydrogen-bond donors (Lipinski definition) is 9. The molecule has 3 aliphatic heterocycles. The summed E-state index contributed by atoms with van der Waals surface area (Å²) in [4.78, 5) is 0. The summed E-state index contributed by atoms with van der Waals surface area (Å²) in [7, 11) is 0. The fourth-order valence-corrected chi connectivity index (χ4v) is 4.23. The third-order valence-electron chi connectivity index (χ3n) is 6.21. The van der Waals surface area contributed by atoms with Gasteiger partial charge in [-0.25, -0.2) is 0 Å². The van der Waals surface area contributed by atoms with Crippen LogP contribution >= 0.6 is 0 Å². The average Bonchev–Trinajstić information content (AvgIpc) is 2.80. The van der Waals surface area contributed by atoms with Crippen molar-refractivity contribution in [2.75, 3.05) is 19.8 Å². The molecule has 0 aliphatic carbocycles. The molecule has 0 radical (unpaired) electrons. The van der Waals surface area contributed by atoms with Gasteiger partial charge in [-0.2, -0.15) is 0 Å². The summed E-state index contributed by atoms with van der Waals surface area (Å²) in [5, 5.41) is 90.3. The second-order valence-corrected chi connectivity index (χ2v) is 8.55. The molecule has 9 N–H and O–H groups in total. The lowest BCUT2D eigenvalue weighted by Crippen LogP contribution is -2.65. The van der Waals surface area contributed by atoms with Crippen molar-refractivity contribution in [1.29, 1.82) is 0 Å². The maximum Gasteiger partial charge on any atom is 0.187 e. The first kappa shape index (κ1) is 27.0. The molecule has 0 bridgehead atoms. The first-order valence-corrected chi connectivity index (χ1v) is 10.8. The minimum Gasteiger partial charge on any atom is -0.394 e. The Morgan fingerprint density at radius 1 is 0.636 bits per heavy atom. The van der Waals surface area contributed by atoms with E-state index >= 15 is 0 Å². The van der Waals surface area contributed by atoms with Crippen molar-refractivity contribution < 1.29 is 69.6 Å². The average molecular weight is 486 g/mol. The van der Waals surface area contributed by atoms with Crippen LogP contribution in [-0.2, 0) is 23.7 Å². The van der Waals surface area contributed by atoms with Crippen LogP contribution in [0.2, 0.25) is 0 Å². The highest BCUT2D eigenvalue weighted by Crippen LogP contribution is 2.32. The lowest BCUT2D eigenvalue weighted by Gasteiger charge is -2.47. The van der Waals surface area contributed by atoms with Crippen molar-refractivity contribution in [1.82, 2.24) is 0 Å². The molecule has 3 fully saturated rings. The fraction of sp³-hybridized carbons (Fsp3) is 1.00. The molecular weight excluding hydrogens is 452 g/mol. The van der Waals surface area contributed by atoms with E-state index in [-0.39, 0.29) is 6.42 Å². The predicted molar refractivity (Wildman–Crippen MR) is 103 cm³/mol.